The molecule has 6 heteroatoms. The van der Waals surface area contributed by atoms with E-state index in [0.717, 1.165) is 4.90 Å². The second-order valence-corrected chi connectivity index (χ2v) is 6.47. The van der Waals surface area contributed by atoms with Gasteiger partial charge in [-0.3, -0.25) is 9.59 Å². The molecule has 0 saturated carbocycles. The van der Waals surface area contributed by atoms with E-state index in [2.05, 4.69) is 15.9 Å². The van der Waals surface area contributed by atoms with Crippen molar-refractivity contribution in [2.24, 2.45) is 5.41 Å². The third kappa shape index (κ3) is 2.75. The van der Waals surface area contributed by atoms with Gasteiger partial charge in [-0.15, -0.1) is 0 Å². The van der Waals surface area contributed by atoms with E-state index in [1.165, 1.54) is 18.2 Å². The molecule has 0 spiro atoms. The number of hydrogen-bond donors (Lipinski definition) is 1. The molecule has 1 aliphatic rings. The number of hydrogen-bond acceptors (Lipinski definition) is 3. The Labute approximate surface area is 124 Å². The van der Waals surface area contributed by atoms with E-state index in [-0.39, 0.29) is 41.3 Å². The lowest BCUT2D eigenvalue weighted by atomic mass is 9.81. The van der Waals surface area contributed by atoms with Crippen LogP contribution in [0.3, 0.4) is 0 Å². The van der Waals surface area contributed by atoms with Crippen LogP contribution in [-0.4, -0.2) is 22.9 Å². The van der Waals surface area contributed by atoms with Crippen molar-refractivity contribution in [1.29, 1.82) is 0 Å². The first kappa shape index (κ1) is 14.7. The molecule has 1 aromatic rings. The molecule has 2 amide bonds. The molecule has 0 unspecified atom stereocenters. The molecule has 1 fully saturated rings. The fourth-order valence-corrected chi connectivity index (χ4v) is 2.69. The minimum atomic E-state index is -1.10. The predicted octanol–water partition coefficient (Wildman–Crippen LogP) is 2.83. The maximum atomic E-state index is 12.2. The van der Waals surface area contributed by atoms with Crippen LogP contribution in [0.5, 0.6) is 0 Å². The van der Waals surface area contributed by atoms with E-state index < -0.39 is 5.97 Å². The number of anilines is 1. The number of halogens is 1. The first-order chi connectivity index (χ1) is 9.21. The zero-order chi connectivity index (χ0) is 15.1. The molecular formula is C14H14BrNO4. The zero-order valence-corrected chi connectivity index (χ0v) is 12.7. The number of imide groups is 1. The maximum Gasteiger partial charge on any atom is 0.335 e. The number of amides is 2. The molecule has 1 saturated heterocycles. The van der Waals surface area contributed by atoms with Crippen molar-refractivity contribution in [3.8, 4) is 0 Å². The van der Waals surface area contributed by atoms with Crippen molar-refractivity contribution in [3.63, 3.8) is 0 Å². The molecule has 20 heavy (non-hydrogen) atoms. The summed E-state index contributed by atoms with van der Waals surface area (Å²) in [4.78, 5) is 36.5. The van der Waals surface area contributed by atoms with Crippen molar-refractivity contribution >= 4 is 39.4 Å². The van der Waals surface area contributed by atoms with Gasteiger partial charge in [0.1, 0.15) is 0 Å². The van der Waals surface area contributed by atoms with Gasteiger partial charge in [0, 0.05) is 17.3 Å². The molecule has 0 radical (unpaired) electrons. The van der Waals surface area contributed by atoms with Gasteiger partial charge in [-0.1, -0.05) is 13.8 Å². The Hall–Kier alpha value is -1.69. The largest absolute Gasteiger partial charge is 0.478 e. The molecule has 0 bridgehead atoms. The van der Waals surface area contributed by atoms with Crippen LogP contribution in [0.15, 0.2) is 22.7 Å². The average Bonchev–Trinajstić information content (AvgIpc) is 2.28. The van der Waals surface area contributed by atoms with E-state index in [4.69, 9.17) is 5.11 Å². The Bertz CT molecular complexity index is 589. The van der Waals surface area contributed by atoms with Crippen LogP contribution in [-0.2, 0) is 9.59 Å². The first-order valence-electron chi connectivity index (χ1n) is 6.10. The van der Waals surface area contributed by atoms with E-state index in [9.17, 15) is 14.4 Å². The molecule has 5 nitrogen and oxygen atoms in total. The predicted molar refractivity (Wildman–Crippen MR) is 76.6 cm³/mol. The molecule has 1 N–H and O–H groups in total. The molecule has 1 heterocycles. The lowest BCUT2D eigenvalue weighted by molar-refractivity contribution is -0.132. The summed E-state index contributed by atoms with van der Waals surface area (Å²) >= 11 is 3.26. The number of carboxylic acid groups (broad SMARTS) is 1. The highest BCUT2D eigenvalue weighted by Gasteiger charge is 2.38. The summed E-state index contributed by atoms with van der Waals surface area (Å²) in [7, 11) is 0. The van der Waals surface area contributed by atoms with Crippen LogP contribution in [0, 0.1) is 5.41 Å². The Morgan fingerprint density at radius 2 is 1.80 bits per heavy atom. The maximum absolute atomic E-state index is 12.2. The Morgan fingerprint density at radius 1 is 1.25 bits per heavy atom. The van der Waals surface area contributed by atoms with Crippen LogP contribution in [0.4, 0.5) is 5.69 Å². The lowest BCUT2D eigenvalue weighted by Gasteiger charge is -2.35. The normalized spacial score (nSPS) is 18.2. The van der Waals surface area contributed by atoms with Crippen molar-refractivity contribution in [1.82, 2.24) is 0 Å². The fourth-order valence-electron chi connectivity index (χ4n) is 2.26. The summed E-state index contributed by atoms with van der Waals surface area (Å²) in [6.45, 7) is 3.73. The summed E-state index contributed by atoms with van der Waals surface area (Å²) in [5, 5.41) is 9.01. The van der Waals surface area contributed by atoms with Crippen LogP contribution < -0.4 is 4.90 Å². The van der Waals surface area contributed by atoms with Crippen molar-refractivity contribution in [2.45, 2.75) is 26.7 Å². The topological polar surface area (TPSA) is 74.7 Å². The van der Waals surface area contributed by atoms with Crippen molar-refractivity contribution in [3.05, 3.63) is 28.2 Å². The number of carbonyl (C=O) groups excluding carboxylic acids is 2. The monoisotopic (exact) mass is 339 g/mol. The molecule has 2 rings (SSSR count). The Balaban J connectivity index is 2.46. The van der Waals surface area contributed by atoms with Gasteiger partial charge in [0.15, 0.2) is 0 Å². The standard InChI is InChI=1S/C14H14BrNO4/c1-14(2)6-11(17)16(12(18)7-14)10-5-8(13(19)20)3-4-9(10)15/h3-5H,6-7H2,1-2H3,(H,19,20). The first-order valence-corrected chi connectivity index (χ1v) is 6.89. The molecule has 0 atom stereocenters. The van der Waals surface area contributed by atoms with E-state index in [1.807, 2.05) is 13.8 Å². The van der Waals surface area contributed by atoms with E-state index >= 15 is 0 Å². The quantitative estimate of drug-likeness (QED) is 0.840. The Kier molecular flexibility index (Phi) is 3.69. The summed E-state index contributed by atoms with van der Waals surface area (Å²) < 4.78 is 0.518. The third-order valence-electron chi connectivity index (χ3n) is 3.19. The molecule has 0 aliphatic carbocycles. The number of aromatic carboxylic acids is 1. The van der Waals surface area contributed by atoms with Gasteiger partial charge in [-0.05, 0) is 39.5 Å². The van der Waals surface area contributed by atoms with Crippen LogP contribution >= 0.6 is 15.9 Å². The number of carboxylic acids is 1. The number of rotatable bonds is 2. The van der Waals surface area contributed by atoms with Gasteiger partial charge in [-0.25, -0.2) is 9.69 Å². The molecule has 1 aromatic carbocycles. The zero-order valence-electron chi connectivity index (χ0n) is 11.1. The van der Waals surface area contributed by atoms with Crippen LogP contribution in [0.25, 0.3) is 0 Å². The minimum Gasteiger partial charge on any atom is -0.478 e. The van der Waals surface area contributed by atoms with Gasteiger partial charge >= 0.3 is 5.97 Å². The number of benzene rings is 1. The summed E-state index contributed by atoms with van der Waals surface area (Å²) in [5.74, 6) is -1.72. The minimum absolute atomic E-state index is 0.0358. The van der Waals surface area contributed by atoms with Gasteiger partial charge in [0.2, 0.25) is 11.8 Å². The van der Waals surface area contributed by atoms with E-state index in [1.54, 1.807) is 0 Å². The van der Waals surface area contributed by atoms with E-state index in [0.29, 0.717) is 4.47 Å². The highest BCUT2D eigenvalue weighted by atomic mass is 79.9. The SMILES string of the molecule is CC1(C)CC(=O)N(c2cc(C(=O)O)ccc2Br)C(=O)C1. The molecular weight excluding hydrogens is 326 g/mol. The van der Waals surface area contributed by atoms with Crippen molar-refractivity contribution < 1.29 is 19.5 Å². The van der Waals surface area contributed by atoms with Crippen LogP contribution in [0.2, 0.25) is 0 Å². The second-order valence-electron chi connectivity index (χ2n) is 5.61. The second kappa shape index (κ2) is 5.01. The summed E-state index contributed by atoms with van der Waals surface area (Å²) in [6.07, 6.45) is 0.505. The highest BCUT2D eigenvalue weighted by molar-refractivity contribution is 9.10. The van der Waals surface area contributed by atoms with Crippen LogP contribution in [0.1, 0.15) is 37.0 Å². The van der Waals surface area contributed by atoms with Gasteiger partial charge in [0.05, 0.1) is 11.3 Å². The average molecular weight is 340 g/mol. The number of carbonyl (C=O) groups is 3. The lowest BCUT2D eigenvalue weighted by Crippen LogP contribution is -2.46. The molecule has 106 valence electrons. The van der Waals surface area contributed by atoms with Gasteiger partial charge < -0.3 is 5.11 Å². The van der Waals surface area contributed by atoms with Gasteiger partial charge in [-0.2, -0.15) is 0 Å². The van der Waals surface area contributed by atoms with Crippen molar-refractivity contribution in [2.75, 3.05) is 4.90 Å². The fraction of sp³-hybridized carbons (Fsp3) is 0.357. The number of piperidine rings is 1. The number of nitrogens with zero attached hydrogens (tertiary/aromatic N) is 1. The summed E-state index contributed by atoms with van der Waals surface area (Å²) in [5.41, 5.74) is -0.0364. The molecule has 1 aliphatic heterocycles. The molecule has 0 aromatic heterocycles. The van der Waals surface area contributed by atoms with Gasteiger partial charge in [0.25, 0.3) is 0 Å². The smallest absolute Gasteiger partial charge is 0.335 e. The highest BCUT2D eigenvalue weighted by Crippen LogP contribution is 2.37. The third-order valence-corrected chi connectivity index (χ3v) is 3.86. The Morgan fingerprint density at radius 3 is 2.30 bits per heavy atom. The summed E-state index contributed by atoms with van der Waals surface area (Å²) in [6, 6.07) is 4.28.